The van der Waals surface area contributed by atoms with Crippen molar-refractivity contribution < 1.29 is 24.4 Å². The molecule has 3 aromatic rings. The van der Waals surface area contributed by atoms with Crippen LogP contribution in [0.15, 0.2) is 66.7 Å². The zero-order valence-electron chi connectivity index (χ0n) is 15.1. The molecule has 0 heterocycles. The summed E-state index contributed by atoms with van der Waals surface area (Å²) in [5.41, 5.74) is 1.01. The van der Waals surface area contributed by atoms with Crippen molar-refractivity contribution in [2.24, 2.45) is 0 Å². The molecule has 0 aromatic heterocycles. The van der Waals surface area contributed by atoms with E-state index in [1.54, 1.807) is 36.4 Å². The van der Waals surface area contributed by atoms with Crippen molar-refractivity contribution in [1.29, 1.82) is 0 Å². The maximum Gasteiger partial charge on any atom is 0.269 e. The number of nitrogens with zero attached hydrogens (tertiary/aromatic N) is 2. The molecule has 3 rings (SSSR count). The summed E-state index contributed by atoms with van der Waals surface area (Å²) in [6, 6.07) is 16.5. The van der Waals surface area contributed by atoms with Gasteiger partial charge in [-0.1, -0.05) is 30.3 Å². The van der Waals surface area contributed by atoms with Gasteiger partial charge < -0.3 is 14.6 Å². The van der Waals surface area contributed by atoms with E-state index >= 15 is 0 Å². The van der Waals surface area contributed by atoms with Crippen molar-refractivity contribution in [2.75, 3.05) is 0 Å². The molecule has 9 heteroatoms. The number of hydrogen-bond donors (Lipinski definition) is 1. The van der Waals surface area contributed by atoms with Crippen LogP contribution >= 0.6 is 0 Å². The lowest BCUT2D eigenvalue weighted by molar-refractivity contribution is -0.385. The first-order chi connectivity index (χ1) is 13.9. The number of rotatable bonds is 8. The van der Waals surface area contributed by atoms with Gasteiger partial charge in [0.05, 0.1) is 9.85 Å². The van der Waals surface area contributed by atoms with Gasteiger partial charge in [0.15, 0.2) is 11.5 Å². The zero-order chi connectivity index (χ0) is 20.8. The normalized spacial score (nSPS) is 10.3. The number of hydrogen-bond acceptors (Lipinski definition) is 7. The quantitative estimate of drug-likeness (QED) is 0.443. The summed E-state index contributed by atoms with van der Waals surface area (Å²) in [7, 11) is 0. The van der Waals surface area contributed by atoms with Gasteiger partial charge in [0.25, 0.3) is 11.4 Å². The number of nitro groups is 2. The topological polar surface area (TPSA) is 125 Å². The van der Waals surface area contributed by atoms with Gasteiger partial charge in [-0.05, 0) is 23.3 Å². The lowest BCUT2D eigenvalue weighted by atomic mass is 10.2. The third-order valence-corrected chi connectivity index (χ3v) is 3.98. The van der Waals surface area contributed by atoms with Crippen molar-refractivity contribution >= 4 is 11.4 Å². The molecule has 0 bridgehead atoms. The molecular weight excluding hydrogens is 380 g/mol. The minimum atomic E-state index is -0.503. The van der Waals surface area contributed by atoms with Crippen LogP contribution in [0.4, 0.5) is 11.4 Å². The number of non-ortho nitro benzene ring substituents is 2. The monoisotopic (exact) mass is 396 g/mol. The third kappa shape index (κ3) is 4.98. The maximum absolute atomic E-state index is 10.9. The van der Waals surface area contributed by atoms with Crippen LogP contribution in [0.2, 0.25) is 0 Å². The largest absolute Gasteiger partial charge is 0.504 e. The molecule has 0 aliphatic rings. The van der Waals surface area contributed by atoms with Crippen LogP contribution in [-0.2, 0) is 13.2 Å². The molecule has 0 amide bonds. The molecule has 0 aliphatic carbocycles. The van der Waals surface area contributed by atoms with Gasteiger partial charge in [-0.25, -0.2) is 0 Å². The molecule has 3 aromatic carbocycles. The van der Waals surface area contributed by atoms with Crippen molar-refractivity contribution in [1.82, 2.24) is 0 Å². The average Bonchev–Trinajstić information content (AvgIpc) is 2.72. The first kappa shape index (κ1) is 19.6. The summed E-state index contributed by atoms with van der Waals surface area (Å²) in [5.74, 6) is 0.151. The average molecular weight is 396 g/mol. The van der Waals surface area contributed by atoms with Crippen LogP contribution in [0.3, 0.4) is 0 Å². The Hall–Kier alpha value is -4.14. The van der Waals surface area contributed by atoms with Crippen LogP contribution in [0.5, 0.6) is 17.2 Å². The van der Waals surface area contributed by atoms with E-state index in [2.05, 4.69) is 0 Å². The Morgan fingerprint density at radius 2 is 1.28 bits per heavy atom. The zero-order valence-corrected chi connectivity index (χ0v) is 15.1. The summed E-state index contributed by atoms with van der Waals surface area (Å²) in [4.78, 5) is 20.8. The highest BCUT2D eigenvalue weighted by atomic mass is 16.6. The molecule has 29 heavy (non-hydrogen) atoms. The standard InChI is InChI=1S/C20H16N2O7/c23-18-8-3-9-19(28-12-14-4-1-6-16(10-14)21(24)25)20(18)29-13-15-5-2-7-17(11-15)22(26)27/h1-11,23H,12-13H2. The fourth-order valence-corrected chi connectivity index (χ4v) is 2.60. The second kappa shape index (κ2) is 8.70. The predicted octanol–water partition coefficient (Wildman–Crippen LogP) is 4.37. The van der Waals surface area contributed by atoms with E-state index in [-0.39, 0.29) is 41.8 Å². The second-order valence-electron chi connectivity index (χ2n) is 6.04. The second-order valence-corrected chi connectivity index (χ2v) is 6.04. The third-order valence-electron chi connectivity index (χ3n) is 3.98. The molecule has 1 N–H and O–H groups in total. The number of benzene rings is 3. The smallest absolute Gasteiger partial charge is 0.269 e. The molecule has 0 radical (unpaired) electrons. The molecule has 0 aliphatic heterocycles. The summed E-state index contributed by atoms with van der Waals surface area (Å²) in [5, 5.41) is 31.9. The summed E-state index contributed by atoms with van der Waals surface area (Å²) in [6.45, 7) is 0.00469. The van der Waals surface area contributed by atoms with Gasteiger partial charge in [-0.15, -0.1) is 0 Å². The number of nitro benzene ring substituents is 2. The van der Waals surface area contributed by atoms with Crippen molar-refractivity contribution in [3.8, 4) is 17.2 Å². The predicted molar refractivity (Wildman–Crippen MR) is 103 cm³/mol. The Labute approximate surface area is 165 Å². The van der Waals surface area contributed by atoms with Gasteiger partial charge in [-0.3, -0.25) is 20.2 Å². The molecule has 0 saturated heterocycles. The Balaban J connectivity index is 1.74. The van der Waals surface area contributed by atoms with Crippen LogP contribution in [0.1, 0.15) is 11.1 Å². The summed E-state index contributed by atoms with van der Waals surface area (Å²) in [6.07, 6.45) is 0. The van der Waals surface area contributed by atoms with Crippen LogP contribution in [-0.4, -0.2) is 15.0 Å². The Kier molecular flexibility index (Phi) is 5.88. The number of ether oxygens (including phenoxy) is 2. The Morgan fingerprint density at radius 3 is 1.83 bits per heavy atom. The van der Waals surface area contributed by atoms with E-state index in [9.17, 15) is 25.3 Å². The summed E-state index contributed by atoms with van der Waals surface area (Å²) < 4.78 is 11.3. The van der Waals surface area contributed by atoms with Crippen LogP contribution in [0.25, 0.3) is 0 Å². The highest BCUT2D eigenvalue weighted by Gasteiger charge is 2.13. The highest BCUT2D eigenvalue weighted by Crippen LogP contribution is 2.37. The van der Waals surface area contributed by atoms with Gasteiger partial charge in [-0.2, -0.15) is 0 Å². The van der Waals surface area contributed by atoms with E-state index in [0.717, 1.165) is 0 Å². The maximum atomic E-state index is 10.9. The number of aromatic hydroxyl groups is 1. The van der Waals surface area contributed by atoms with E-state index in [1.165, 1.54) is 30.3 Å². The fraction of sp³-hybridized carbons (Fsp3) is 0.100. The highest BCUT2D eigenvalue weighted by molar-refractivity contribution is 5.50. The van der Waals surface area contributed by atoms with Crippen molar-refractivity contribution in [2.45, 2.75) is 13.2 Å². The molecule has 0 unspecified atom stereocenters. The first-order valence-corrected chi connectivity index (χ1v) is 8.48. The number of phenols is 1. The summed E-state index contributed by atoms with van der Waals surface area (Å²) >= 11 is 0. The molecular formula is C20H16N2O7. The first-order valence-electron chi connectivity index (χ1n) is 8.48. The van der Waals surface area contributed by atoms with Gasteiger partial charge in [0.2, 0.25) is 5.75 Å². The van der Waals surface area contributed by atoms with Gasteiger partial charge >= 0.3 is 0 Å². The fourth-order valence-electron chi connectivity index (χ4n) is 2.60. The minimum Gasteiger partial charge on any atom is -0.504 e. The SMILES string of the molecule is O=[N+]([O-])c1cccc(COc2cccc(O)c2OCc2cccc([N+](=O)[O-])c2)c1. The Morgan fingerprint density at radius 1 is 0.759 bits per heavy atom. The van der Waals surface area contributed by atoms with E-state index in [4.69, 9.17) is 9.47 Å². The number of phenolic OH excluding ortho intramolecular Hbond substituents is 1. The molecule has 0 saturated carbocycles. The van der Waals surface area contributed by atoms with Crippen molar-refractivity contribution in [3.63, 3.8) is 0 Å². The molecule has 9 nitrogen and oxygen atoms in total. The van der Waals surface area contributed by atoms with E-state index in [0.29, 0.717) is 11.1 Å². The van der Waals surface area contributed by atoms with E-state index < -0.39 is 9.85 Å². The van der Waals surface area contributed by atoms with Gasteiger partial charge in [0.1, 0.15) is 13.2 Å². The Bertz CT molecular complexity index is 1050. The lowest BCUT2D eigenvalue weighted by Gasteiger charge is -2.14. The van der Waals surface area contributed by atoms with Crippen LogP contribution < -0.4 is 9.47 Å². The van der Waals surface area contributed by atoms with Gasteiger partial charge in [0, 0.05) is 24.3 Å². The molecule has 0 fully saturated rings. The minimum absolute atomic E-state index is 0.0214. The van der Waals surface area contributed by atoms with E-state index in [1.807, 2.05) is 0 Å². The van der Waals surface area contributed by atoms with Crippen LogP contribution in [0, 0.1) is 20.2 Å². The molecule has 0 atom stereocenters. The molecule has 148 valence electrons. The molecule has 0 spiro atoms. The lowest BCUT2D eigenvalue weighted by Crippen LogP contribution is -2.01. The van der Waals surface area contributed by atoms with Crippen molar-refractivity contribution in [3.05, 3.63) is 98.1 Å². The number of para-hydroxylation sites is 1.